The van der Waals surface area contributed by atoms with Crippen LogP contribution in [0.2, 0.25) is 0 Å². The van der Waals surface area contributed by atoms with E-state index in [1.807, 2.05) is 42.5 Å². The third-order valence-corrected chi connectivity index (χ3v) is 7.80. The van der Waals surface area contributed by atoms with Crippen molar-refractivity contribution in [2.45, 2.75) is 23.5 Å². The highest BCUT2D eigenvalue weighted by molar-refractivity contribution is 7.91. The van der Waals surface area contributed by atoms with Gasteiger partial charge in [-0.3, -0.25) is 10.0 Å². The first-order valence-corrected chi connectivity index (χ1v) is 12.0. The highest BCUT2D eigenvalue weighted by atomic mass is 32.2. The first-order chi connectivity index (χ1) is 15.9. The van der Waals surface area contributed by atoms with Gasteiger partial charge in [0.1, 0.15) is 5.25 Å². The molecule has 0 fully saturated rings. The molecular formula is C25H27NO6S. The zero-order valence-corrected chi connectivity index (χ0v) is 19.5. The number of sulfone groups is 1. The second-order valence-corrected chi connectivity index (χ2v) is 9.53. The Morgan fingerprint density at radius 3 is 2.06 bits per heavy atom. The van der Waals surface area contributed by atoms with Crippen LogP contribution >= 0.6 is 0 Å². The first-order valence-electron chi connectivity index (χ1n) is 10.4. The second kappa shape index (κ2) is 10.5. The summed E-state index contributed by atoms with van der Waals surface area (Å²) < 4.78 is 38.1. The van der Waals surface area contributed by atoms with E-state index in [4.69, 9.17) is 9.47 Å². The van der Waals surface area contributed by atoms with Gasteiger partial charge in [0.15, 0.2) is 21.3 Å². The Hall–Kier alpha value is -3.36. The van der Waals surface area contributed by atoms with Crippen molar-refractivity contribution in [2.75, 3.05) is 14.2 Å². The van der Waals surface area contributed by atoms with Gasteiger partial charge in [-0.1, -0.05) is 61.5 Å². The molecule has 0 aliphatic heterocycles. The molecule has 0 saturated carbocycles. The Balaban J connectivity index is 2.13. The minimum atomic E-state index is -4.06. The van der Waals surface area contributed by atoms with Crippen molar-refractivity contribution in [1.29, 1.82) is 0 Å². The van der Waals surface area contributed by atoms with E-state index in [-0.39, 0.29) is 17.1 Å². The maximum atomic E-state index is 13.8. The molecule has 0 spiro atoms. The Morgan fingerprint density at radius 1 is 0.909 bits per heavy atom. The van der Waals surface area contributed by atoms with Gasteiger partial charge in [0, 0.05) is 6.07 Å². The molecule has 0 saturated heterocycles. The molecule has 7 nitrogen and oxygen atoms in total. The van der Waals surface area contributed by atoms with Crippen molar-refractivity contribution in [3.05, 3.63) is 78.4 Å². The summed E-state index contributed by atoms with van der Waals surface area (Å²) in [6, 6.07) is 21.1. The number of rotatable bonds is 9. The SMILES string of the molecule is CCC(C(=O)NO)C(c1ccc(-c2ccccc2)cc1)S(=O)(=O)c1ccc(OC)c(OC)c1. The first kappa shape index (κ1) is 24.3. The maximum absolute atomic E-state index is 13.8. The minimum absolute atomic E-state index is 0.0125. The van der Waals surface area contributed by atoms with Gasteiger partial charge in [0.2, 0.25) is 5.91 Å². The van der Waals surface area contributed by atoms with Crippen LogP contribution in [0.4, 0.5) is 0 Å². The zero-order chi connectivity index (χ0) is 24.0. The molecule has 3 rings (SSSR count). The van der Waals surface area contributed by atoms with Crippen LogP contribution in [0.25, 0.3) is 11.1 Å². The van der Waals surface area contributed by atoms with Crippen molar-refractivity contribution >= 4 is 15.7 Å². The van der Waals surface area contributed by atoms with Crippen molar-refractivity contribution in [1.82, 2.24) is 5.48 Å². The van der Waals surface area contributed by atoms with Gasteiger partial charge >= 0.3 is 0 Å². The third kappa shape index (κ3) is 5.02. The van der Waals surface area contributed by atoms with Gasteiger partial charge in [-0.05, 0) is 35.2 Å². The number of ether oxygens (including phenoxy) is 2. The summed E-state index contributed by atoms with van der Waals surface area (Å²) in [4.78, 5) is 12.5. The van der Waals surface area contributed by atoms with E-state index in [1.165, 1.54) is 32.4 Å². The monoisotopic (exact) mass is 469 g/mol. The summed E-state index contributed by atoms with van der Waals surface area (Å²) in [5.74, 6) is -1.13. The van der Waals surface area contributed by atoms with Gasteiger partial charge in [-0.2, -0.15) is 0 Å². The highest BCUT2D eigenvalue weighted by Crippen LogP contribution is 2.40. The average Bonchev–Trinajstić information content (AvgIpc) is 2.86. The molecule has 0 aliphatic carbocycles. The van der Waals surface area contributed by atoms with Gasteiger partial charge in [-0.25, -0.2) is 13.9 Å². The standard InChI is InChI=1S/C25H27NO6S/c1-4-21(25(27)26-28)24(19-12-10-18(11-13-19)17-8-6-5-7-9-17)33(29,30)20-14-15-22(31-2)23(16-20)32-3/h5-16,21,24,28H,4H2,1-3H3,(H,26,27). The van der Waals surface area contributed by atoms with E-state index in [9.17, 15) is 18.4 Å². The molecule has 2 atom stereocenters. The van der Waals surface area contributed by atoms with E-state index in [1.54, 1.807) is 24.5 Å². The summed E-state index contributed by atoms with van der Waals surface area (Å²) >= 11 is 0. The Bertz CT molecular complexity index is 1190. The number of methoxy groups -OCH3 is 2. The van der Waals surface area contributed by atoms with Crippen LogP contribution in [0.15, 0.2) is 77.7 Å². The molecule has 0 aromatic heterocycles. The predicted octanol–water partition coefficient (Wildman–Crippen LogP) is 4.42. The topological polar surface area (TPSA) is 102 Å². The predicted molar refractivity (Wildman–Crippen MR) is 125 cm³/mol. The fourth-order valence-corrected chi connectivity index (χ4v) is 5.97. The largest absolute Gasteiger partial charge is 0.493 e. The van der Waals surface area contributed by atoms with Gasteiger partial charge in [-0.15, -0.1) is 0 Å². The fourth-order valence-electron chi connectivity index (χ4n) is 3.88. The second-order valence-electron chi connectivity index (χ2n) is 7.46. The Kier molecular flexibility index (Phi) is 7.73. The van der Waals surface area contributed by atoms with Crippen molar-refractivity contribution in [2.24, 2.45) is 5.92 Å². The highest BCUT2D eigenvalue weighted by Gasteiger charge is 2.39. The van der Waals surface area contributed by atoms with E-state index in [0.717, 1.165) is 11.1 Å². The van der Waals surface area contributed by atoms with Gasteiger partial charge < -0.3 is 9.47 Å². The Morgan fingerprint density at radius 2 is 1.52 bits per heavy atom. The summed E-state index contributed by atoms with van der Waals surface area (Å²) in [5, 5.41) is 8.06. The molecule has 33 heavy (non-hydrogen) atoms. The molecule has 0 aliphatic rings. The molecule has 2 N–H and O–H groups in total. The summed E-state index contributed by atoms with van der Waals surface area (Å²) in [7, 11) is -1.18. The maximum Gasteiger partial charge on any atom is 0.248 e. The van der Waals surface area contributed by atoms with E-state index < -0.39 is 26.9 Å². The number of carbonyl (C=O) groups excluding carboxylic acids is 1. The lowest BCUT2D eigenvalue weighted by molar-refractivity contribution is -0.133. The van der Waals surface area contributed by atoms with Crippen LogP contribution in [0.1, 0.15) is 24.2 Å². The summed E-state index contributed by atoms with van der Waals surface area (Å²) in [6.07, 6.45) is 0.198. The van der Waals surface area contributed by atoms with Crippen LogP contribution in [-0.2, 0) is 14.6 Å². The van der Waals surface area contributed by atoms with E-state index >= 15 is 0 Å². The lowest BCUT2D eigenvalue weighted by Crippen LogP contribution is -2.35. The van der Waals surface area contributed by atoms with Gasteiger partial charge in [0.25, 0.3) is 0 Å². The van der Waals surface area contributed by atoms with Crippen LogP contribution in [0, 0.1) is 5.92 Å². The molecule has 1 amide bonds. The number of amides is 1. The van der Waals surface area contributed by atoms with E-state index in [2.05, 4.69) is 0 Å². The molecule has 0 bridgehead atoms. The number of nitrogens with one attached hydrogen (secondary N) is 1. The summed E-state index contributed by atoms with van der Waals surface area (Å²) in [5.41, 5.74) is 3.97. The lowest BCUT2D eigenvalue weighted by Gasteiger charge is -2.26. The smallest absolute Gasteiger partial charge is 0.248 e. The van der Waals surface area contributed by atoms with Crippen LogP contribution in [0.5, 0.6) is 11.5 Å². The van der Waals surface area contributed by atoms with Crippen LogP contribution in [0.3, 0.4) is 0 Å². The van der Waals surface area contributed by atoms with Crippen molar-refractivity contribution < 1.29 is 27.9 Å². The zero-order valence-electron chi connectivity index (χ0n) is 18.7. The van der Waals surface area contributed by atoms with Crippen molar-refractivity contribution in [3.8, 4) is 22.6 Å². The number of carbonyl (C=O) groups is 1. The fraction of sp³-hybridized carbons (Fsp3) is 0.240. The van der Waals surface area contributed by atoms with E-state index in [0.29, 0.717) is 11.3 Å². The third-order valence-electron chi connectivity index (χ3n) is 5.62. The molecular weight excluding hydrogens is 442 g/mol. The lowest BCUT2D eigenvalue weighted by atomic mass is 9.94. The van der Waals surface area contributed by atoms with Crippen LogP contribution < -0.4 is 15.0 Å². The minimum Gasteiger partial charge on any atom is -0.493 e. The molecule has 0 heterocycles. The number of hydroxylamine groups is 1. The van der Waals surface area contributed by atoms with Crippen LogP contribution in [-0.4, -0.2) is 33.8 Å². The molecule has 3 aromatic rings. The number of hydrogen-bond acceptors (Lipinski definition) is 6. The average molecular weight is 470 g/mol. The molecule has 8 heteroatoms. The molecule has 0 radical (unpaired) electrons. The quantitative estimate of drug-likeness (QED) is 0.355. The molecule has 174 valence electrons. The number of benzene rings is 3. The molecule has 3 aromatic carbocycles. The van der Waals surface area contributed by atoms with Gasteiger partial charge in [0.05, 0.1) is 25.0 Å². The number of hydrogen-bond donors (Lipinski definition) is 2. The molecule has 2 unspecified atom stereocenters. The Labute approximate surface area is 193 Å². The summed E-state index contributed by atoms with van der Waals surface area (Å²) in [6.45, 7) is 1.70. The normalized spacial score (nSPS) is 13.1. The van der Waals surface area contributed by atoms with Crippen molar-refractivity contribution in [3.63, 3.8) is 0 Å².